The van der Waals surface area contributed by atoms with Gasteiger partial charge in [-0.05, 0) is 62.6 Å². The number of hydrogen-bond donors (Lipinski definition) is 1. The van der Waals surface area contributed by atoms with Crippen molar-refractivity contribution in [2.24, 2.45) is 10.9 Å². The van der Waals surface area contributed by atoms with Crippen molar-refractivity contribution in [2.45, 2.75) is 56.5 Å². The Morgan fingerprint density at radius 1 is 1.03 bits per heavy atom. The van der Waals surface area contributed by atoms with Crippen LogP contribution in [0.25, 0.3) is 5.00 Å². The molecule has 3 aliphatic carbocycles. The number of amides is 1. The van der Waals surface area contributed by atoms with Crippen molar-refractivity contribution in [1.82, 2.24) is 20.1 Å². The standard InChI is InChI=1S/C30H26ClN5OS/c1-17-34-35-28-30(13-14-30)32-25(20-9-5-6-10-22(20)31)24-21-15-18(16-23(21)38-27(24)36(17)28)26(37)33-29(11-12-29)19-7-3-2-4-8-19/h2-10,18H,11-16H2,1H3,(H,33,37)/t18-/m0/s1. The lowest BCUT2D eigenvalue weighted by Crippen LogP contribution is -2.39. The fraction of sp³-hybridized carbons (Fsp3) is 0.333. The van der Waals surface area contributed by atoms with Crippen molar-refractivity contribution < 1.29 is 4.79 Å². The molecule has 1 aliphatic heterocycles. The van der Waals surface area contributed by atoms with E-state index >= 15 is 0 Å². The molecule has 2 aromatic heterocycles. The molecule has 1 atom stereocenters. The number of carbonyl (C=O) groups excluding carboxylic acids is 1. The third-order valence-electron chi connectivity index (χ3n) is 8.62. The van der Waals surface area contributed by atoms with Crippen LogP contribution in [-0.2, 0) is 28.7 Å². The summed E-state index contributed by atoms with van der Waals surface area (Å²) in [6.45, 7) is 2.01. The molecule has 4 aliphatic rings. The van der Waals surface area contributed by atoms with Gasteiger partial charge in [0.25, 0.3) is 0 Å². The molecule has 38 heavy (non-hydrogen) atoms. The van der Waals surface area contributed by atoms with Crippen LogP contribution in [0.2, 0.25) is 5.02 Å². The molecule has 1 N–H and O–H groups in total. The smallest absolute Gasteiger partial charge is 0.224 e. The third-order valence-corrected chi connectivity index (χ3v) is 10.2. The Kier molecular flexibility index (Phi) is 4.69. The van der Waals surface area contributed by atoms with Crippen LogP contribution < -0.4 is 5.32 Å². The molecule has 8 heteroatoms. The van der Waals surface area contributed by atoms with E-state index in [0.717, 1.165) is 65.6 Å². The summed E-state index contributed by atoms with van der Waals surface area (Å²) in [5.41, 5.74) is 4.83. The van der Waals surface area contributed by atoms with Crippen LogP contribution >= 0.6 is 22.9 Å². The maximum Gasteiger partial charge on any atom is 0.224 e. The van der Waals surface area contributed by atoms with Crippen LogP contribution in [-0.4, -0.2) is 26.4 Å². The van der Waals surface area contributed by atoms with Gasteiger partial charge in [-0.1, -0.05) is 60.1 Å². The number of fused-ring (bicyclic) bond motifs is 6. The highest BCUT2D eigenvalue weighted by atomic mass is 35.5. The molecular weight excluding hydrogens is 514 g/mol. The molecule has 4 aromatic rings. The molecule has 0 bridgehead atoms. The van der Waals surface area contributed by atoms with E-state index in [1.54, 1.807) is 11.3 Å². The first-order valence-electron chi connectivity index (χ1n) is 13.3. The summed E-state index contributed by atoms with van der Waals surface area (Å²) in [6, 6.07) is 18.3. The fourth-order valence-electron chi connectivity index (χ4n) is 6.24. The Hall–Kier alpha value is -3.29. The molecule has 0 radical (unpaired) electrons. The Labute approximate surface area is 229 Å². The monoisotopic (exact) mass is 539 g/mol. The van der Waals surface area contributed by atoms with Gasteiger partial charge in [-0.15, -0.1) is 21.5 Å². The number of halogens is 1. The molecule has 190 valence electrons. The van der Waals surface area contributed by atoms with Gasteiger partial charge in [0.1, 0.15) is 16.4 Å². The van der Waals surface area contributed by atoms with Gasteiger partial charge in [0.15, 0.2) is 5.82 Å². The minimum atomic E-state index is -0.356. The minimum Gasteiger partial charge on any atom is -0.346 e. The predicted molar refractivity (Wildman–Crippen MR) is 148 cm³/mol. The Bertz CT molecular complexity index is 1660. The number of thiophene rings is 1. The number of aromatic nitrogens is 3. The number of aliphatic imine (C=N–C) groups is 1. The molecule has 2 aromatic carbocycles. The number of hydrogen-bond acceptors (Lipinski definition) is 5. The number of nitrogens with zero attached hydrogens (tertiary/aromatic N) is 4. The van der Waals surface area contributed by atoms with E-state index in [0.29, 0.717) is 11.4 Å². The molecule has 6 nitrogen and oxygen atoms in total. The lowest BCUT2D eigenvalue weighted by molar-refractivity contribution is -0.125. The minimum absolute atomic E-state index is 0.0881. The van der Waals surface area contributed by atoms with Crippen LogP contribution in [0.5, 0.6) is 0 Å². The zero-order chi connectivity index (χ0) is 25.6. The molecule has 3 heterocycles. The van der Waals surface area contributed by atoms with Gasteiger partial charge < -0.3 is 5.32 Å². The quantitative estimate of drug-likeness (QED) is 0.364. The molecule has 0 unspecified atom stereocenters. The van der Waals surface area contributed by atoms with Gasteiger partial charge in [0.2, 0.25) is 5.91 Å². The molecule has 0 saturated heterocycles. The summed E-state index contributed by atoms with van der Waals surface area (Å²) in [6.07, 6.45) is 5.32. The summed E-state index contributed by atoms with van der Waals surface area (Å²) >= 11 is 8.53. The SMILES string of the molecule is Cc1nnc2n1-c1sc3c(c1C(c1ccccc1Cl)=NC21CC1)C[C@H](C(=O)NC1(c2ccccc2)CC1)C3. The van der Waals surface area contributed by atoms with Crippen molar-refractivity contribution in [3.63, 3.8) is 0 Å². The number of carbonyl (C=O) groups is 1. The second-order valence-electron chi connectivity index (χ2n) is 11.1. The highest BCUT2D eigenvalue weighted by molar-refractivity contribution is 7.15. The van der Waals surface area contributed by atoms with E-state index in [4.69, 9.17) is 16.6 Å². The molecule has 2 saturated carbocycles. The average Bonchev–Trinajstić information content (AvgIpc) is 3.76. The van der Waals surface area contributed by atoms with Crippen LogP contribution in [0.1, 0.15) is 64.5 Å². The van der Waals surface area contributed by atoms with Crippen molar-refractivity contribution in [3.8, 4) is 5.00 Å². The van der Waals surface area contributed by atoms with E-state index in [1.165, 1.54) is 16.0 Å². The van der Waals surface area contributed by atoms with Gasteiger partial charge in [-0.3, -0.25) is 14.4 Å². The summed E-state index contributed by atoms with van der Waals surface area (Å²) in [4.78, 5) is 20.3. The van der Waals surface area contributed by atoms with E-state index in [2.05, 4.69) is 38.3 Å². The Morgan fingerprint density at radius 3 is 2.53 bits per heavy atom. The van der Waals surface area contributed by atoms with Crippen molar-refractivity contribution in [1.29, 1.82) is 0 Å². The van der Waals surface area contributed by atoms with Crippen LogP contribution in [0.15, 0.2) is 59.6 Å². The summed E-state index contributed by atoms with van der Waals surface area (Å²) in [5, 5.41) is 14.3. The van der Waals surface area contributed by atoms with Crippen molar-refractivity contribution in [3.05, 3.63) is 98.4 Å². The molecule has 2 fully saturated rings. The largest absolute Gasteiger partial charge is 0.346 e. The van der Waals surface area contributed by atoms with E-state index in [9.17, 15) is 4.79 Å². The fourth-order valence-corrected chi connectivity index (χ4v) is 7.93. The lowest BCUT2D eigenvalue weighted by Gasteiger charge is -2.21. The van der Waals surface area contributed by atoms with Gasteiger partial charge in [-0.2, -0.15) is 0 Å². The normalized spacial score (nSPS) is 21.2. The van der Waals surface area contributed by atoms with Gasteiger partial charge >= 0.3 is 0 Å². The predicted octanol–water partition coefficient (Wildman–Crippen LogP) is 5.65. The third kappa shape index (κ3) is 3.24. The lowest BCUT2D eigenvalue weighted by atomic mass is 9.96. The first kappa shape index (κ1) is 22.7. The summed E-state index contributed by atoms with van der Waals surface area (Å²) in [7, 11) is 0. The summed E-state index contributed by atoms with van der Waals surface area (Å²) < 4.78 is 2.21. The van der Waals surface area contributed by atoms with Gasteiger partial charge in [-0.25, -0.2) is 0 Å². The number of aryl methyl sites for hydroxylation is 1. The zero-order valence-corrected chi connectivity index (χ0v) is 22.6. The number of rotatable bonds is 4. The van der Waals surface area contributed by atoms with Crippen molar-refractivity contribution in [2.75, 3.05) is 0 Å². The number of benzene rings is 2. The van der Waals surface area contributed by atoms with Crippen LogP contribution in [0.3, 0.4) is 0 Å². The maximum atomic E-state index is 13.6. The van der Waals surface area contributed by atoms with E-state index in [-0.39, 0.29) is 22.9 Å². The maximum absolute atomic E-state index is 13.6. The number of nitrogens with one attached hydrogen (secondary N) is 1. The van der Waals surface area contributed by atoms with E-state index < -0.39 is 0 Å². The van der Waals surface area contributed by atoms with Crippen molar-refractivity contribution >= 4 is 34.6 Å². The van der Waals surface area contributed by atoms with Gasteiger partial charge in [0, 0.05) is 26.9 Å². The first-order chi connectivity index (χ1) is 18.5. The highest BCUT2D eigenvalue weighted by Gasteiger charge is 2.52. The zero-order valence-electron chi connectivity index (χ0n) is 21.0. The second-order valence-corrected chi connectivity index (χ2v) is 12.6. The van der Waals surface area contributed by atoms with Crippen LogP contribution in [0, 0.1) is 12.8 Å². The Morgan fingerprint density at radius 2 is 1.79 bits per heavy atom. The van der Waals surface area contributed by atoms with E-state index in [1.807, 2.05) is 43.3 Å². The Balaban J connectivity index is 1.21. The molecular formula is C30H26ClN5OS. The molecule has 1 spiro atoms. The summed E-state index contributed by atoms with van der Waals surface area (Å²) in [5.74, 6) is 1.85. The van der Waals surface area contributed by atoms with Crippen LogP contribution in [0.4, 0.5) is 0 Å². The molecule has 1 amide bonds. The second kappa shape index (κ2) is 7.87. The van der Waals surface area contributed by atoms with Gasteiger partial charge in [0.05, 0.1) is 11.3 Å². The molecule has 8 rings (SSSR count). The topological polar surface area (TPSA) is 72.2 Å². The first-order valence-corrected chi connectivity index (χ1v) is 14.5. The average molecular weight is 540 g/mol. The highest BCUT2D eigenvalue weighted by Crippen LogP contribution is 2.54.